The topological polar surface area (TPSA) is 75.6 Å². The molecule has 0 aliphatic carbocycles. The molecule has 2 fully saturated rings. The highest BCUT2D eigenvalue weighted by atomic mass is 16.6. The number of hydrogen-bond donors (Lipinski definition) is 1. The number of rotatable bonds is 3. The number of nitro benzene ring substituents is 1. The lowest BCUT2D eigenvalue weighted by Crippen LogP contribution is -2.36. The summed E-state index contributed by atoms with van der Waals surface area (Å²) in [6.07, 6.45) is 3.79. The van der Waals surface area contributed by atoms with Crippen molar-refractivity contribution >= 4 is 11.4 Å². The Morgan fingerprint density at radius 2 is 2.10 bits per heavy atom. The van der Waals surface area contributed by atoms with E-state index in [9.17, 15) is 10.1 Å². The molecule has 114 valence electrons. The fourth-order valence-electron chi connectivity index (χ4n) is 3.55. The van der Waals surface area contributed by atoms with Gasteiger partial charge in [-0.05, 0) is 50.5 Å². The van der Waals surface area contributed by atoms with Crippen molar-refractivity contribution in [2.75, 3.05) is 31.9 Å². The lowest BCUT2D eigenvalue weighted by atomic mass is 10.1. The molecule has 3 rings (SSSR count). The summed E-state index contributed by atoms with van der Waals surface area (Å²) in [6.45, 7) is 5.44. The molecule has 6 nitrogen and oxygen atoms in total. The first-order valence-electron chi connectivity index (χ1n) is 7.62. The first-order chi connectivity index (χ1) is 10.1. The van der Waals surface area contributed by atoms with Crippen LogP contribution in [0.2, 0.25) is 0 Å². The fourth-order valence-corrected chi connectivity index (χ4v) is 3.55. The van der Waals surface area contributed by atoms with Crippen LogP contribution >= 0.6 is 0 Å². The maximum absolute atomic E-state index is 10.8. The van der Waals surface area contributed by atoms with Crippen LogP contribution in [-0.4, -0.2) is 46.9 Å². The van der Waals surface area contributed by atoms with Gasteiger partial charge in [0.1, 0.15) is 5.69 Å². The van der Waals surface area contributed by atoms with Crippen LogP contribution < -0.4 is 5.73 Å². The van der Waals surface area contributed by atoms with Gasteiger partial charge in [-0.2, -0.15) is 0 Å². The third-order valence-electron chi connectivity index (χ3n) is 4.58. The van der Waals surface area contributed by atoms with E-state index >= 15 is 0 Å². The van der Waals surface area contributed by atoms with Gasteiger partial charge in [0.2, 0.25) is 0 Å². The van der Waals surface area contributed by atoms with Crippen LogP contribution in [0.3, 0.4) is 0 Å². The summed E-state index contributed by atoms with van der Waals surface area (Å²) in [7, 11) is 0. The highest BCUT2D eigenvalue weighted by Gasteiger charge is 2.28. The van der Waals surface area contributed by atoms with Crippen LogP contribution in [0, 0.1) is 10.1 Å². The molecule has 2 aliphatic rings. The molecule has 0 radical (unpaired) electrons. The molecule has 0 amide bonds. The number of nitrogens with zero attached hydrogens (tertiary/aromatic N) is 3. The van der Waals surface area contributed by atoms with E-state index < -0.39 is 4.92 Å². The molecule has 1 aromatic rings. The standard InChI is InChI=1S/C15H22N4O2/c16-14-9-12(4-5-15(14)19(20)21)10-17-6-2-8-18-7-1-3-13(18)11-17/h4-5,9,13H,1-3,6-8,10-11,16H2. The molecule has 0 spiro atoms. The Labute approximate surface area is 124 Å². The second-order valence-corrected chi connectivity index (χ2v) is 6.07. The zero-order valence-electron chi connectivity index (χ0n) is 12.2. The summed E-state index contributed by atoms with van der Waals surface area (Å²) in [5.74, 6) is 0. The summed E-state index contributed by atoms with van der Waals surface area (Å²) in [5.41, 5.74) is 7.09. The highest BCUT2D eigenvalue weighted by Crippen LogP contribution is 2.25. The van der Waals surface area contributed by atoms with E-state index in [0.717, 1.165) is 25.2 Å². The minimum atomic E-state index is -0.429. The molecule has 0 saturated carbocycles. The highest BCUT2D eigenvalue weighted by molar-refractivity contribution is 5.59. The van der Waals surface area contributed by atoms with Gasteiger partial charge < -0.3 is 5.73 Å². The summed E-state index contributed by atoms with van der Waals surface area (Å²) in [5, 5.41) is 10.8. The number of nitrogen functional groups attached to an aromatic ring is 1. The van der Waals surface area contributed by atoms with Gasteiger partial charge in [-0.3, -0.25) is 19.9 Å². The summed E-state index contributed by atoms with van der Waals surface area (Å²) >= 11 is 0. The lowest BCUT2D eigenvalue weighted by Gasteiger charge is -2.25. The van der Waals surface area contributed by atoms with Gasteiger partial charge in [0, 0.05) is 25.2 Å². The molecule has 2 N–H and O–H groups in total. The van der Waals surface area contributed by atoms with Gasteiger partial charge in [-0.25, -0.2) is 0 Å². The second kappa shape index (κ2) is 5.99. The van der Waals surface area contributed by atoms with Gasteiger partial charge in [0.25, 0.3) is 5.69 Å². The van der Waals surface area contributed by atoms with Crippen molar-refractivity contribution in [2.45, 2.75) is 31.8 Å². The van der Waals surface area contributed by atoms with Crippen molar-refractivity contribution in [3.8, 4) is 0 Å². The number of nitro groups is 1. The minimum Gasteiger partial charge on any atom is -0.393 e. The number of benzene rings is 1. The average molecular weight is 290 g/mol. The fraction of sp³-hybridized carbons (Fsp3) is 0.600. The Kier molecular flexibility index (Phi) is 4.07. The quantitative estimate of drug-likeness (QED) is 0.522. The summed E-state index contributed by atoms with van der Waals surface area (Å²) in [6, 6.07) is 5.77. The van der Waals surface area contributed by atoms with E-state index in [1.54, 1.807) is 6.07 Å². The van der Waals surface area contributed by atoms with E-state index in [4.69, 9.17) is 5.73 Å². The molecule has 2 aliphatic heterocycles. The molecule has 0 bridgehead atoms. The van der Waals surface area contributed by atoms with Crippen molar-refractivity contribution in [3.05, 3.63) is 33.9 Å². The normalized spacial score (nSPS) is 23.7. The van der Waals surface area contributed by atoms with E-state index in [2.05, 4.69) is 9.80 Å². The van der Waals surface area contributed by atoms with Crippen LogP contribution in [0.1, 0.15) is 24.8 Å². The van der Waals surface area contributed by atoms with E-state index in [0.29, 0.717) is 6.04 Å². The Morgan fingerprint density at radius 1 is 1.29 bits per heavy atom. The van der Waals surface area contributed by atoms with Crippen LogP contribution in [0.5, 0.6) is 0 Å². The predicted octanol–water partition coefficient (Wildman–Crippen LogP) is 1.85. The smallest absolute Gasteiger partial charge is 0.292 e. The average Bonchev–Trinajstić information content (AvgIpc) is 2.77. The summed E-state index contributed by atoms with van der Waals surface area (Å²) in [4.78, 5) is 15.4. The Bertz CT molecular complexity index is 534. The molecule has 6 heteroatoms. The maximum atomic E-state index is 10.8. The van der Waals surface area contributed by atoms with Gasteiger partial charge in [0.05, 0.1) is 4.92 Å². The minimum absolute atomic E-state index is 0.00316. The Hall–Kier alpha value is -1.66. The van der Waals surface area contributed by atoms with E-state index in [1.165, 1.54) is 38.4 Å². The van der Waals surface area contributed by atoms with Gasteiger partial charge in [0.15, 0.2) is 0 Å². The SMILES string of the molecule is Nc1cc(CN2CCCN3CCCC3C2)ccc1[N+](=O)[O-]. The molecular formula is C15H22N4O2. The molecule has 1 atom stereocenters. The van der Waals surface area contributed by atoms with Crippen LogP contribution in [0.25, 0.3) is 0 Å². The van der Waals surface area contributed by atoms with E-state index in [-0.39, 0.29) is 11.4 Å². The number of fused-ring (bicyclic) bond motifs is 1. The maximum Gasteiger partial charge on any atom is 0.292 e. The largest absolute Gasteiger partial charge is 0.393 e. The monoisotopic (exact) mass is 290 g/mol. The zero-order valence-corrected chi connectivity index (χ0v) is 12.2. The second-order valence-electron chi connectivity index (χ2n) is 6.07. The third kappa shape index (κ3) is 3.16. The molecule has 1 aromatic carbocycles. The van der Waals surface area contributed by atoms with Gasteiger partial charge >= 0.3 is 0 Å². The van der Waals surface area contributed by atoms with Crippen molar-refractivity contribution in [2.24, 2.45) is 0 Å². The summed E-state index contributed by atoms with van der Waals surface area (Å²) < 4.78 is 0. The molecule has 21 heavy (non-hydrogen) atoms. The van der Waals surface area contributed by atoms with Crippen molar-refractivity contribution < 1.29 is 4.92 Å². The zero-order chi connectivity index (χ0) is 14.8. The number of nitrogens with two attached hydrogens (primary N) is 1. The molecule has 1 unspecified atom stereocenters. The first kappa shape index (κ1) is 14.3. The van der Waals surface area contributed by atoms with Crippen LogP contribution in [0.4, 0.5) is 11.4 Å². The van der Waals surface area contributed by atoms with Gasteiger partial charge in [-0.1, -0.05) is 6.07 Å². The van der Waals surface area contributed by atoms with Crippen LogP contribution in [0.15, 0.2) is 18.2 Å². The lowest BCUT2D eigenvalue weighted by molar-refractivity contribution is -0.383. The van der Waals surface area contributed by atoms with Gasteiger partial charge in [-0.15, -0.1) is 0 Å². The van der Waals surface area contributed by atoms with Crippen molar-refractivity contribution in [1.82, 2.24) is 9.80 Å². The number of hydrogen-bond acceptors (Lipinski definition) is 5. The van der Waals surface area contributed by atoms with Crippen LogP contribution in [-0.2, 0) is 6.54 Å². The molecule has 2 saturated heterocycles. The molecule has 0 aromatic heterocycles. The van der Waals surface area contributed by atoms with Crippen molar-refractivity contribution in [1.29, 1.82) is 0 Å². The van der Waals surface area contributed by atoms with Crippen molar-refractivity contribution in [3.63, 3.8) is 0 Å². The predicted molar refractivity (Wildman–Crippen MR) is 82.0 cm³/mol. The molecule has 2 heterocycles. The number of anilines is 1. The first-order valence-corrected chi connectivity index (χ1v) is 7.62. The third-order valence-corrected chi connectivity index (χ3v) is 4.58. The molecular weight excluding hydrogens is 268 g/mol. The van der Waals surface area contributed by atoms with E-state index in [1.807, 2.05) is 6.07 Å². The Morgan fingerprint density at radius 3 is 2.86 bits per heavy atom. The Balaban J connectivity index is 1.68.